The van der Waals surface area contributed by atoms with Crippen molar-refractivity contribution in [2.45, 2.75) is 52.5 Å². The van der Waals surface area contributed by atoms with Crippen molar-refractivity contribution in [3.05, 3.63) is 47.5 Å². The van der Waals surface area contributed by atoms with Crippen molar-refractivity contribution in [1.82, 2.24) is 9.80 Å². The number of hydrogen-bond acceptors (Lipinski definition) is 4. The number of benzene rings is 1. The van der Waals surface area contributed by atoms with Crippen LogP contribution in [-0.2, 0) is 20.7 Å². The van der Waals surface area contributed by atoms with Crippen molar-refractivity contribution >= 4 is 23.6 Å². The molecule has 1 aromatic carbocycles. The number of ether oxygens (including phenoxy) is 2. The van der Waals surface area contributed by atoms with E-state index in [2.05, 4.69) is 6.58 Å². The van der Waals surface area contributed by atoms with Crippen molar-refractivity contribution in [1.29, 1.82) is 0 Å². The highest BCUT2D eigenvalue weighted by molar-refractivity contribution is 6.30. The topological polar surface area (TPSA) is 79.3 Å². The lowest BCUT2D eigenvalue weighted by molar-refractivity contribution is -0.164. The molecule has 0 aliphatic heterocycles. The number of amides is 2. The molecule has 0 radical (unpaired) electrons. The van der Waals surface area contributed by atoms with E-state index in [4.69, 9.17) is 21.1 Å². The summed E-state index contributed by atoms with van der Waals surface area (Å²) in [5.74, 6) is -0.311. The van der Waals surface area contributed by atoms with Gasteiger partial charge < -0.3 is 19.5 Å². The van der Waals surface area contributed by atoms with Gasteiger partial charge in [-0.2, -0.15) is 0 Å². The van der Waals surface area contributed by atoms with Gasteiger partial charge in [0.1, 0.15) is 6.04 Å². The second kappa shape index (κ2) is 13.3. The zero-order valence-electron chi connectivity index (χ0n) is 18.2. The lowest BCUT2D eigenvalue weighted by Gasteiger charge is -2.36. The number of carbonyl (C=O) groups excluding carboxylic acids is 1. The van der Waals surface area contributed by atoms with Crippen LogP contribution in [0.25, 0.3) is 0 Å². The van der Waals surface area contributed by atoms with E-state index in [1.54, 1.807) is 29.2 Å². The molecule has 0 saturated heterocycles. The molecule has 0 aliphatic carbocycles. The van der Waals surface area contributed by atoms with Crippen LogP contribution in [0.4, 0.5) is 4.79 Å². The largest absolute Gasteiger partial charge is 0.465 e. The Morgan fingerprint density at radius 2 is 1.70 bits per heavy atom. The predicted octanol–water partition coefficient (Wildman–Crippen LogP) is 4.05. The molecule has 8 heteroatoms. The molecule has 168 valence electrons. The van der Waals surface area contributed by atoms with Gasteiger partial charge >= 0.3 is 6.09 Å². The van der Waals surface area contributed by atoms with Crippen LogP contribution in [0.5, 0.6) is 0 Å². The van der Waals surface area contributed by atoms with Crippen LogP contribution in [0.15, 0.2) is 36.9 Å². The number of carbonyl (C=O) groups is 2. The Balaban J connectivity index is 3.24. The summed E-state index contributed by atoms with van der Waals surface area (Å²) in [5, 5.41) is 10.3. The van der Waals surface area contributed by atoms with E-state index in [-0.39, 0.29) is 31.5 Å². The fourth-order valence-electron chi connectivity index (χ4n) is 3.08. The van der Waals surface area contributed by atoms with Gasteiger partial charge in [-0.1, -0.05) is 29.8 Å². The SMILES string of the molecule is C=CCN(C(=O)O)C(Cc1ccc(Cl)cc1)C(=O)N(CC(OCC)OCC)C(C)C. The minimum Gasteiger partial charge on any atom is -0.465 e. The number of rotatable bonds is 13. The minimum atomic E-state index is -1.18. The van der Waals surface area contributed by atoms with Gasteiger partial charge in [0.25, 0.3) is 0 Å². The van der Waals surface area contributed by atoms with Crippen LogP contribution in [0, 0.1) is 0 Å². The molecular weight excluding hydrogens is 408 g/mol. The number of hydrogen-bond donors (Lipinski definition) is 1. The monoisotopic (exact) mass is 440 g/mol. The molecule has 0 aliphatic rings. The number of halogens is 1. The first-order valence-corrected chi connectivity index (χ1v) is 10.5. The van der Waals surface area contributed by atoms with Gasteiger partial charge in [-0.15, -0.1) is 6.58 Å². The van der Waals surface area contributed by atoms with Gasteiger partial charge in [-0.3, -0.25) is 9.69 Å². The van der Waals surface area contributed by atoms with E-state index in [1.165, 1.54) is 6.08 Å². The zero-order chi connectivity index (χ0) is 22.7. The Hall–Kier alpha value is -2.09. The molecular formula is C22H33ClN2O5. The highest BCUT2D eigenvalue weighted by Gasteiger charge is 2.34. The molecule has 0 spiro atoms. The van der Waals surface area contributed by atoms with Crippen LogP contribution in [0.2, 0.25) is 5.02 Å². The van der Waals surface area contributed by atoms with Gasteiger partial charge in [0.15, 0.2) is 6.29 Å². The molecule has 1 atom stereocenters. The summed E-state index contributed by atoms with van der Waals surface area (Å²) >= 11 is 5.96. The van der Waals surface area contributed by atoms with Crippen molar-refractivity contribution in [2.24, 2.45) is 0 Å². The normalized spacial score (nSPS) is 12.1. The Morgan fingerprint density at radius 3 is 2.13 bits per heavy atom. The number of nitrogens with zero attached hydrogens (tertiary/aromatic N) is 2. The summed E-state index contributed by atoms with van der Waals surface area (Å²) in [4.78, 5) is 28.2. The summed E-state index contributed by atoms with van der Waals surface area (Å²) in [6.45, 7) is 12.2. The lowest BCUT2D eigenvalue weighted by Crippen LogP contribution is -2.55. The molecule has 0 fully saturated rings. The first-order chi connectivity index (χ1) is 14.2. The first-order valence-electron chi connectivity index (χ1n) is 10.1. The Bertz CT molecular complexity index is 675. The quantitative estimate of drug-likeness (QED) is 0.369. The second-order valence-corrected chi connectivity index (χ2v) is 7.43. The molecule has 1 rings (SSSR count). The van der Waals surface area contributed by atoms with Gasteiger partial charge in [0.2, 0.25) is 5.91 Å². The molecule has 7 nitrogen and oxygen atoms in total. The highest BCUT2D eigenvalue weighted by Crippen LogP contribution is 2.18. The van der Waals surface area contributed by atoms with E-state index >= 15 is 0 Å². The Kier molecular flexibility index (Phi) is 11.5. The maximum absolute atomic E-state index is 13.6. The average molecular weight is 441 g/mol. The van der Waals surface area contributed by atoms with Crippen molar-refractivity contribution in [3.8, 4) is 0 Å². The summed E-state index contributed by atoms with van der Waals surface area (Å²) in [5.41, 5.74) is 0.808. The van der Waals surface area contributed by atoms with Gasteiger partial charge in [0, 0.05) is 37.2 Å². The summed E-state index contributed by atoms with van der Waals surface area (Å²) < 4.78 is 11.2. The fourth-order valence-corrected chi connectivity index (χ4v) is 3.21. The second-order valence-electron chi connectivity index (χ2n) is 6.99. The maximum atomic E-state index is 13.6. The summed E-state index contributed by atoms with van der Waals surface area (Å²) in [6.07, 6.45) is -0.0794. The van der Waals surface area contributed by atoms with Crippen LogP contribution in [0.3, 0.4) is 0 Å². The highest BCUT2D eigenvalue weighted by atomic mass is 35.5. The average Bonchev–Trinajstić information content (AvgIpc) is 2.69. The lowest BCUT2D eigenvalue weighted by atomic mass is 10.0. The molecule has 0 heterocycles. The van der Waals surface area contributed by atoms with E-state index in [0.717, 1.165) is 10.5 Å². The summed E-state index contributed by atoms with van der Waals surface area (Å²) in [7, 11) is 0. The van der Waals surface area contributed by atoms with Gasteiger partial charge in [-0.25, -0.2) is 4.79 Å². The third-order valence-electron chi connectivity index (χ3n) is 4.53. The van der Waals surface area contributed by atoms with Crippen LogP contribution in [-0.4, -0.2) is 71.6 Å². The zero-order valence-corrected chi connectivity index (χ0v) is 19.0. The maximum Gasteiger partial charge on any atom is 0.408 e. The minimum absolute atomic E-state index is 0.0333. The fraction of sp³-hybridized carbons (Fsp3) is 0.545. The standard InChI is InChI=1S/C22H33ClN2O5/c1-6-13-24(22(27)28)19(14-17-9-11-18(23)12-10-17)21(26)25(16(4)5)15-20(29-7-2)30-8-3/h6,9-12,16,19-20H,1,7-8,13-15H2,2-5H3,(H,27,28). The molecule has 30 heavy (non-hydrogen) atoms. The van der Waals surface area contributed by atoms with Crippen molar-refractivity contribution in [3.63, 3.8) is 0 Å². The van der Waals surface area contributed by atoms with Crippen LogP contribution in [0.1, 0.15) is 33.3 Å². The molecule has 0 saturated carbocycles. The third kappa shape index (κ3) is 7.97. The third-order valence-corrected chi connectivity index (χ3v) is 4.78. The van der Waals surface area contributed by atoms with E-state index in [9.17, 15) is 14.7 Å². The molecule has 1 aromatic rings. The Morgan fingerprint density at radius 1 is 1.13 bits per heavy atom. The molecule has 1 N–H and O–H groups in total. The van der Waals surface area contributed by atoms with Crippen LogP contribution >= 0.6 is 11.6 Å². The predicted molar refractivity (Wildman–Crippen MR) is 118 cm³/mol. The van der Waals surface area contributed by atoms with Crippen molar-refractivity contribution in [2.75, 3.05) is 26.3 Å². The van der Waals surface area contributed by atoms with Gasteiger partial charge in [0.05, 0.1) is 6.54 Å². The molecule has 0 aromatic heterocycles. The van der Waals surface area contributed by atoms with E-state index in [1.807, 2.05) is 27.7 Å². The molecule has 0 bridgehead atoms. The van der Waals surface area contributed by atoms with E-state index < -0.39 is 18.4 Å². The van der Waals surface area contributed by atoms with E-state index in [0.29, 0.717) is 18.2 Å². The Labute approximate surface area is 184 Å². The first kappa shape index (κ1) is 25.9. The number of carboxylic acid groups (broad SMARTS) is 1. The smallest absolute Gasteiger partial charge is 0.408 e. The van der Waals surface area contributed by atoms with Crippen LogP contribution < -0.4 is 0 Å². The summed E-state index contributed by atoms with van der Waals surface area (Å²) in [6, 6.07) is 5.93. The van der Waals surface area contributed by atoms with Gasteiger partial charge in [-0.05, 0) is 45.4 Å². The molecule has 2 amide bonds. The van der Waals surface area contributed by atoms with Crippen molar-refractivity contribution < 1.29 is 24.2 Å². The molecule has 1 unspecified atom stereocenters.